The molecule has 3 rings (SSSR count). The molecule has 1 aromatic rings. The van der Waals surface area contributed by atoms with Crippen LogP contribution in [0, 0.1) is 6.92 Å². The van der Waals surface area contributed by atoms with E-state index in [9.17, 15) is 13.2 Å². The van der Waals surface area contributed by atoms with Crippen LogP contribution in [0.3, 0.4) is 0 Å². The first-order chi connectivity index (χ1) is 12.4. The number of nitrogens with zero attached hydrogens (tertiary/aromatic N) is 2. The van der Waals surface area contributed by atoms with Gasteiger partial charge in [-0.15, -0.1) is 0 Å². The molecule has 2 aliphatic heterocycles. The Balaban J connectivity index is 1.82. The minimum absolute atomic E-state index is 0.0623. The summed E-state index contributed by atoms with van der Waals surface area (Å²) >= 11 is 0. The maximum absolute atomic E-state index is 13.0. The number of carbonyl (C=O) groups is 1. The summed E-state index contributed by atoms with van der Waals surface area (Å²) in [5.41, 5.74) is 1.33. The minimum atomic E-state index is -3.53. The third kappa shape index (κ3) is 3.94. The molecule has 0 bridgehead atoms. The van der Waals surface area contributed by atoms with Crippen LogP contribution in [-0.2, 0) is 10.0 Å². The van der Waals surface area contributed by atoms with Crippen LogP contribution in [0.25, 0.3) is 0 Å². The molecule has 1 N–H and O–H groups in total. The first-order valence-corrected chi connectivity index (χ1v) is 10.9. The lowest BCUT2D eigenvalue weighted by atomic mass is 10.0. The van der Waals surface area contributed by atoms with Crippen molar-refractivity contribution in [1.29, 1.82) is 0 Å². The molecule has 0 radical (unpaired) electrons. The Kier molecular flexibility index (Phi) is 5.99. The molecule has 0 aromatic heterocycles. The molecule has 0 unspecified atom stereocenters. The van der Waals surface area contributed by atoms with Gasteiger partial charge in [0.1, 0.15) is 0 Å². The van der Waals surface area contributed by atoms with Gasteiger partial charge < -0.3 is 10.2 Å². The largest absolute Gasteiger partial charge is 0.339 e. The number of benzene rings is 1. The summed E-state index contributed by atoms with van der Waals surface area (Å²) < 4.78 is 27.4. The number of sulfonamides is 1. The van der Waals surface area contributed by atoms with Crippen molar-refractivity contribution >= 4 is 15.9 Å². The van der Waals surface area contributed by atoms with Gasteiger partial charge in [-0.1, -0.05) is 12.5 Å². The summed E-state index contributed by atoms with van der Waals surface area (Å²) in [7, 11) is -1.58. The molecule has 2 saturated heterocycles. The number of hydrogen-bond donors (Lipinski definition) is 1. The minimum Gasteiger partial charge on any atom is -0.339 e. The Bertz CT molecular complexity index is 749. The number of carbonyl (C=O) groups excluding carboxylic acids is 1. The van der Waals surface area contributed by atoms with E-state index in [4.69, 9.17) is 0 Å². The van der Waals surface area contributed by atoms with Crippen LogP contribution in [0.1, 0.15) is 48.0 Å². The predicted molar refractivity (Wildman–Crippen MR) is 102 cm³/mol. The third-order valence-electron chi connectivity index (χ3n) is 5.58. The van der Waals surface area contributed by atoms with Gasteiger partial charge in [0.15, 0.2) is 0 Å². The predicted octanol–water partition coefficient (Wildman–Crippen LogP) is 1.99. The van der Waals surface area contributed by atoms with Crippen molar-refractivity contribution in [3.05, 3.63) is 29.3 Å². The van der Waals surface area contributed by atoms with E-state index in [1.54, 1.807) is 22.5 Å². The van der Waals surface area contributed by atoms with Gasteiger partial charge in [-0.3, -0.25) is 4.79 Å². The zero-order valence-electron chi connectivity index (χ0n) is 15.7. The second-order valence-corrected chi connectivity index (χ2v) is 9.23. The highest BCUT2D eigenvalue weighted by molar-refractivity contribution is 7.89. The molecule has 2 aliphatic rings. The van der Waals surface area contributed by atoms with Crippen LogP contribution in [0.5, 0.6) is 0 Å². The van der Waals surface area contributed by atoms with Gasteiger partial charge in [-0.05, 0) is 57.4 Å². The molecule has 1 aromatic carbocycles. The summed E-state index contributed by atoms with van der Waals surface area (Å²) in [4.78, 5) is 15.0. The highest BCUT2D eigenvalue weighted by Gasteiger charge is 2.29. The number of aryl methyl sites for hydroxylation is 1. The van der Waals surface area contributed by atoms with E-state index in [-0.39, 0.29) is 10.8 Å². The van der Waals surface area contributed by atoms with Crippen LogP contribution in [0.15, 0.2) is 23.1 Å². The van der Waals surface area contributed by atoms with Gasteiger partial charge in [0, 0.05) is 37.8 Å². The molecular weight excluding hydrogens is 350 g/mol. The number of rotatable bonds is 4. The first-order valence-electron chi connectivity index (χ1n) is 9.51. The summed E-state index contributed by atoms with van der Waals surface area (Å²) in [5.74, 6) is -0.0623. The summed E-state index contributed by atoms with van der Waals surface area (Å²) in [6.45, 7) is 4.40. The molecule has 6 nitrogen and oxygen atoms in total. The summed E-state index contributed by atoms with van der Waals surface area (Å²) in [6, 6.07) is 5.41. The summed E-state index contributed by atoms with van der Waals surface area (Å²) in [5, 5.41) is 3.26. The van der Waals surface area contributed by atoms with Gasteiger partial charge in [-0.25, -0.2) is 8.42 Å². The average molecular weight is 380 g/mol. The third-order valence-corrected chi connectivity index (χ3v) is 7.48. The normalized spacial score (nSPS) is 20.3. The van der Waals surface area contributed by atoms with Gasteiger partial charge in [0.25, 0.3) is 5.91 Å². The Morgan fingerprint density at radius 3 is 2.35 bits per heavy atom. The lowest BCUT2D eigenvalue weighted by Crippen LogP contribution is -2.44. The average Bonchev–Trinajstić information content (AvgIpc) is 2.68. The van der Waals surface area contributed by atoms with E-state index in [2.05, 4.69) is 5.32 Å². The van der Waals surface area contributed by atoms with E-state index in [0.29, 0.717) is 37.8 Å². The molecule has 0 saturated carbocycles. The SMILES string of the molecule is CNC1CCN(C(=O)c2cc(S(=O)(=O)N3CCCCC3)ccc2C)CC1. The first kappa shape index (κ1) is 19.3. The van der Waals surface area contributed by atoms with E-state index >= 15 is 0 Å². The summed E-state index contributed by atoms with van der Waals surface area (Å²) in [6.07, 6.45) is 4.72. The fourth-order valence-electron chi connectivity index (χ4n) is 3.79. The number of nitrogens with one attached hydrogen (secondary N) is 1. The lowest BCUT2D eigenvalue weighted by Gasteiger charge is -2.32. The molecule has 144 valence electrons. The van der Waals surface area contributed by atoms with Crippen molar-refractivity contribution in [3.8, 4) is 0 Å². The Morgan fingerprint density at radius 1 is 1.08 bits per heavy atom. The molecule has 2 fully saturated rings. The molecule has 0 atom stereocenters. The molecule has 7 heteroatoms. The van der Waals surface area contributed by atoms with Crippen LogP contribution >= 0.6 is 0 Å². The quantitative estimate of drug-likeness (QED) is 0.869. The topological polar surface area (TPSA) is 69.7 Å². The maximum Gasteiger partial charge on any atom is 0.254 e. The maximum atomic E-state index is 13.0. The molecule has 26 heavy (non-hydrogen) atoms. The fourth-order valence-corrected chi connectivity index (χ4v) is 5.33. The number of amides is 1. The van der Waals surface area contributed by atoms with E-state index < -0.39 is 10.0 Å². The van der Waals surface area contributed by atoms with Gasteiger partial charge in [0.05, 0.1) is 4.90 Å². The number of hydrogen-bond acceptors (Lipinski definition) is 4. The van der Waals surface area contributed by atoms with Gasteiger partial charge in [-0.2, -0.15) is 4.31 Å². The van der Waals surface area contributed by atoms with Crippen LogP contribution in [0.4, 0.5) is 0 Å². The standard InChI is InChI=1S/C19H29N3O3S/c1-15-6-7-17(26(24,25)22-10-4-3-5-11-22)14-18(15)19(23)21-12-8-16(20-2)9-13-21/h6-7,14,16,20H,3-5,8-13H2,1-2H3. The Morgan fingerprint density at radius 2 is 1.73 bits per heavy atom. The van der Waals surface area contributed by atoms with Crippen molar-refractivity contribution in [2.24, 2.45) is 0 Å². The zero-order valence-corrected chi connectivity index (χ0v) is 16.5. The van der Waals surface area contributed by atoms with Crippen molar-refractivity contribution in [2.75, 3.05) is 33.2 Å². The fraction of sp³-hybridized carbons (Fsp3) is 0.632. The highest BCUT2D eigenvalue weighted by Crippen LogP contribution is 2.24. The van der Waals surface area contributed by atoms with Crippen LogP contribution in [-0.4, -0.2) is 62.8 Å². The van der Waals surface area contributed by atoms with Crippen LogP contribution in [0.2, 0.25) is 0 Å². The highest BCUT2D eigenvalue weighted by atomic mass is 32.2. The van der Waals surface area contributed by atoms with E-state index in [1.807, 2.05) is 18.9 Å². The lowest BCUT2D eigenvalue weighted by molar-refractivity contribution is 0.0706. The van der Waals surface area contributed by atoms with E-state index in [0.717, 1.165) is 37.7 Å². The van der Waals surface area contributed by atoms with Gasteiger partial charge in [0.2, 0.25) is 10.0 Å². The second kappa shape index (κ2) is 8.06. The number of likely N-dealkylation sites (tertiary alicyclic amines) is 1. The van der Waals surface area contributed by atoms with Crippen LogP contribution < -0.4 is 5.32 Å². The van der Waals surface area contributed by atoms with Crippen molar-refractivity contribution in [2.45, 2.75) is 50.0 Å². The second-order valence-electron chi connectivity index (χ2n) is 7.30. The Labute approximate surface area is 156 Å². The molecule has 2 heterocycles. The smallest absolute Gasteiger partial charge is 0.254 e. The molecular formula is C19H29N3O3S. The Hall–Kier alpha value is -1.44. The van der Waals surface area contributed by atoms with Crippen molar-refractivity contribution in [1.82, 2.24) is 14.5 Å². The molecule has 0 aliphatic carbocycles. The molecule has 0 spiro atoms. The zero-order chi connectivity index (χ0) is 18.7. The van der Waals surface area contributed by atoms with Crippen molar-refractivity contribution < 1.29 is 13.2 Å². The monoisotopic (exact) mass is 379 g/mol. The van der Waals surface area contributed by atoms with Crippen molar-refractivity contribution in [3.63, 3.8) is 0 Å². The van der Waals surface area contributed by atoms with E-state index in [1.165, 1.54) is 0 Å². The van der Waals surface area contributed by atoms with Gasteiger partial charge >= 0.3 is 0 Å². The molecule has 1 amide bonds. The number of piperidine rings is 2.